The summed E-state index contributed by atoms with van der Waals surface area (Å²) < 4.78 is 2.21. The molecule has 0 atom stereocenters. The smallest absolute Gasteiger partial charge is 0.0998 e. The van der Waals surface area contributed by atoms with Crippen LogP contribution in [-0.2, 0) is 0 Å². The fourth-order valence-electron chi connectivity index (χ4n) is 2.62. The molecule has 0 amide bonds. The first kappa shape index (κ1) is 11.6. The van der Waals surface area contributed by atoms with Crippen molar-refractivity contribution in [2.45, 2.75) is 13.8 Å². The van der Waals surface area contributed by atoms with E-state index >= 15 is 0 Å². The van der Waals surface area contributed by atoms with Gasteiger partial charge in [0.2, 0.25) is 0 Å². The highest BCUT2D eigenvalue weighted by Gasteiger charge is 2.13. The van der Waals surface area contributed by atoms with Crippen LogP contribution in [-0.4, -0.2) is 4.57 Å². The van der Waals surface area contributed by atoms with Crippen molar-refractivity contribution in [1.29, 1.82) is 5.26 Å². The summed E-state index contributed by atoms with van der Waals surface area (Å²) in [7, 11) is 0. The van der Waals surface area contributed by atoms with Gasteiger partial charge in [0, 0.05) is 16.5 Å². The normalized spacial score (nSPS) is 11.9. The first-order chi connectivity index (χ1) is 9.27. The SMILES string of the molecule is C/C=C(\C)n1c2ccccc2c2c(C#N)cccc21. The van der Waals surface area contributed by atoms with Gasteiger partial charge in [-0.3, -0.25) is 0 Å². The molecular weight excluding hydrogens is 232 g/mol. The Morgan fingerprint density at radius 2 is 1.84 bits per heavy atom. The summed E-state index contributed by atoms with van der Waals surface area (Å²) in [5.74, 6) is 0. The monoisotopic (exact) mass is 246 g/mol. The molecule has 0 fully saturated rings. The van der Waals surface area contributed by atoms with E-state index in [0.717, 1.165) is 27.4 Å². The summed E-state index contributed by atoms with van der Waals surface area (Å²) in [5, 5.41) is 11.5. The van der Waals surface area contributed by atoms with Gasteiger partial charge in [-0.25, -0.2) is 0 Å². The van der Waals surface area contributed by atoms with Crippen LogP contribution in [0.5, 0.6) is 0 Å². The van der Waals surface area contributed by atoms with Crippen LogP contribution in [0.15, 0.2) is 48.5 Å². The molecule has 1 aromatic heterocycles. The standard InChI is InChI=1S/C17H14N2/c1-3-12(2)19-15-9-5-4-8-14(15)17-13(11-18)7-6-10-16(17)19/h3-10H,1-2H3/b12-3+. The molecule has 2 nitrogen and oxygen atoms in total. The van der Waals surface area contributed by atoms with E-state index < -0.39 is 0 Å². The molecule has 2 aromatic carbocycles. The second-order valence-electron chi connectivity index (χ2n) is 4.59. The number of para-hydroxylation sites is 1. The lowest BCUT2D eigenvalue weighted by Gasteiger charge is -2.06. The number of benzene rings is 2. The van der Waals surface area contributed by atoms with Crippen LogP contribution in [0.3, 0.4) is 0 Å². The lowest BCUT2D eigenvalue weighted by molar-refractivity contribution is 1.19. The highest BCUT2D eigenvalue weighted by Crippen LogP contribution is 2.33. The molecule has 3 aromatic rings. The molecule has 0 aliphatic carbocycles. The Hall–Kier alpha value is -2.53. The van der Waals surface area contributed by atoms with Gasteiger partial charge in [0.15, 0.2) is 0 Å². The van der Waals surface area contributed by atoms with E-state index in [1.54, 1.807) is 0 Å². The zero-order valence-corrected chi connectivity index (χ0v) is 11.0. The minimum absolute atomic E-state index is 0.733. The van der Waals surface area contributed by atoms with E-state index in [4.69, 9.17) is 0 Å². The third-order valence-corrected chi connectivity index (χ3v) is 3.59. The summed E-state index contributed by atoms with van der Waals surface area (Å²) >= 11 is 0. The predicted octanol–water partition coefficient (Wildman–Crippen LogP) is 4.55. The molecular formula is C17H14N2. The molecule has 1 heterocycles. The number of aromatic nitrogens is 1. The predicted molar refractivity (Wildman–Crippen MR) is 79.8 cm³/mol. The zero-order chi connectivity index (χ0) is 13.4. The van der Waals surface area contributed by atoms with Crippen molar-refractivity contribution in [3.8, 4) is 6.07 Å². The molecule has 2 heteroatoms. The fraction of sp³-hybridized carbons (Fsp3) is 0.118. The molecule has 19 heavy (non-hydrogen) atoms. The lowest BCUT2D eigenvalue weighted by Crippen LogP contribution is -1.92. The van der Waals surface area contributed by atoms with E-state index in [0.29, 0.717) is 0 Å². The van der Waals surface area contributed by atoms with Gasteiger partial charge >= 0.3 is 0 Å². The Kier molecular flexibility index (Phi) is 2.61. The van der Waals surface area contributed by atoms with E-state index in [-0.39, 0.29) is 0 Å². The summed E-state index contributed by atoms with van der Waals surface area (Å²) in [6.07, 6.45) is 2.09. The molecule has 0 saturated carbocycles. The molecule has 0 bridgehead atoms. The first-order valence-corrected chi connectivity index (χ1v) is 6.33. The van der Waals surface area contributed by atoms with E-state index in [2.05, 4.69) is 41.8 Å². The number of nitrogens with zero attached hydrogens (tertiary/aromatic N) is 2. The topological polar surface area (TPSA) is 28.7 Å². The Labute approximate surface area is 112 Å². The number of hydrogen-bond donors (Lipinski definition) is 0. The maximum absolute atomic E-state index is 9.33. The van der Waals surface area contributed by atoms with Crippen molar-refractivity contribution in [2.24, 2.45) is 0 Å². The van der Waals surface area contributed by atoms with Crippen LogP contribution in [0.4, 0.5) is 0 Å². The van der Waals surface area contributed by atoms with Crippen molar-refractivity contribution in [1.82, 2.24) is 4.57 Å². The van der Waals surface area contributed by atoms with Crippen LogP contribution in [0, 0.1) is 11.3 Å². The van der Waals surface area contributed by atoms with Crippen LogP contribution >= 0.6 is 0 Å². The summed E-state index contributed by atoms with van der Waals surface area (Å²) in [5.41, 5.74) is 4.14. The Balaban J connectivity index is 2.64. The summed E-state index contributed by atoms with van der Waals surface area (Å²) in [6.45, 7) is 4.12. The van der Waals surface area contributed by atoms with Gasteiger partial charge < -0.3 is 4.57 Å². The fourth-order valence-corrected chi connectivity index (χ4v) is 2.62. The van der Waals surface area contributed by atoms with Crippen LogP contribution in [0.25, 0.3) is 27.5 Å². The molecule has 0 radical (unpaired) electrons. The minimum Gasteiger partial charge on any atom is -0.314 e. The number of allylic oxidation sites excluding steroid dienone is 2. The molecule has 3 rings (SSSR count). The van der Waals surface area contributed by atoms with Crippen LogP contribution in [0.2, 0.25) is 0 Å². The molecule has 0 aliphatic heterocycles. The summed E-state index contributed by atoms with van der Waals surface area (Å²) in [4.78, 5) is 0. The molecule has 0 N–H and O–H groups in total. The average Bonchev–Trinajstić information content (AvgIpc) is 2.81. The maximum Gasteiger partial charge on any atom is 0.0998 e. The van der Waals surface area contributed by atoms with Gasteiger partial charge in [0.1, 0.15) is 0 Å². The van der Waals surface area contributed by atoms with E-state index in [1.807, 2.05) is 31.2 Å². The zero-order valence-electron chi connectivity index (χ0n) is 11.0. The van der Waals surface area contributed by atoms with Gasteiger partial charge in [0.25, 0.3) is 0 Å². The maximum atomic E-state index is 9.33. The Bertz CT molecular complexity index is 845. The van der Waals surface area contributed by atoms with Gasteiger partial charge in [-0.1, -0.05) is 30.3 Å². The highest BCUT2D eigenvalue weighted by atomic mass is 15.0. The van der Waals surface area contributed by atoms with Gasteiger partial charge in [-0.2, -0.15) is 5.26 Å². The number of hydrogen-bond acceptors (Lipinski definition) is 1. The van der Waals surface area contributed by atoms with E-state index in [9.17, 15) is 5.26 Å². The second kappa shape index (κ2) is 4.29. The first-order valence-electron chi connectivity index (χ1n) is 6.33. The lowest BCUT2D eigenvalue weighted by atomic mass is 10.1. The largest absolute Gasteiger partial charge is 0.314 e. The molecule has 0 spiro atoms. The number of rotatable bonds is 1. The van der Waals surface area contributed by atoms with Crippen molar-refractivity contribution >= 4 is 27.5 Å². The number of nitriles is 1. The van der Waals surface area contributed by atoms with Gasteiger partial charge in [-0.05, 0) is 32.0 Å². The van der Waals surface area contributed by atoms with Crippen LogP contribution < -0.4 is 0 Å². The Morgan fingerprint density at radius 1 is 1.11 bits per heavy atom. The van der Waals surface area contributed by atoms with Gasteiger partial charge in [-0.15, -0.1) is 0 Å². The molecule has 0 aliphatic rings. The van der Waals surface area contributed by atoms with Crippen LogP contribution in [0.1, 0.15) is 19.4 Å². The summed E-state index contributed by atoms with van der Waals surface area (Å²) in [6, 6.07) is 16.4. The Morgan fingerprint density at radius 3 is 2.58 bits per heavy atom. The quantitative estimate of drug-likeness (QED) is 0.619. The third-order valence-electron chi connectivity index (χ3n) is 3.59. The van der Waals surface area contributed by atoms with Gasteiger partial charge in [0.05, 0.1) is 22.7 Å². The highest BCUT2D eigenvalue weighted by molar-refractivity contribution is 6.12. The number of fused-ring (bicyclic) bond motifs is 3. The minimum atomic E-state index is 0.733. The van der Waals surface area contributed by atoms with Crippen molar-refractivity contribution in [2.75, 3.05) is 0 Å². The second-order valence-corrected chi connectivity index (χ2v) is 4.59. The third kappa shape index (κ3) is 1.56. The molecule has 0 unspecified atom stereocenters. The average molecular weight is 246 g/mol. The van der Waals surface area contributed by atoms with Crippen molar-refractivity contribution in [3.63, 3.8) is 0 Å². The molecule has 92 valence electrons. The van der Waals surface area contributed by atoms with Crippen molar-refractivity contribution < 1.29 is 0 Å². The molecule has 0 saturated heterocycles. The van der Waals surface area contributed by atoms with E-state index in [1.165, 1.54) is 5.70 Å². The van der Waals surface area contributed by atoms with Crippen molar-refractivity contribution in [3.05, 3.63) is 54.1 Å².